The summed E-state index contributed by atoms with van der Waals surface area (Å²) < 4.78 is 22.6. The fourth-order valence-electron chi connectivity index (χ4n) is 5.77. The zero-order valence-corrected chi connectivity index (χ0v) is 24.7. The minimum Gasteiger partial charge on any atom is -0.379 e. The molecule has 4 aromatic rings. The molecule has 234 valence electrons. The van der Waals surface area contributed by atoms with Crippen LogP contribution in [0.5, 0.6) is 0 Å². The molecule has 0 aliphatic carbocycles. The maximum atomic E-state index is 15.5. The normalized spacial score (nSPS) is 18.4. The molecular formula is C29H36FN9O5. The van der Waals surface area contributed by atoms with Gasteiger partial charge in [-0.25, -0.2) is 13.9 Å². The van der Waals surface area contributed by atoms with Gasteiger partial charge in [0.1, 0.15) is 17.3 Å². The third-order valence-electron chi connectivity index (χ3n) is 8.19. The number of halogens is 1. The number of amides is 1. The van der Waals surface area contributed by atoms with Crippen LogP contribution in [-0.2, 0) is 4.74 Å². The van der Waals surface area contributed by atoms with Crippen molar-refractivity contribution in [2.24, 2.45) is 0 Å². The number of hydrogen-bond donors (Lipinski definition) is 5. The van der Waals surface area contributed by atoms with Crippen LogP contribution in [-0.4, -0.2) is 100 Å². The summed E-state index contributed by atoms with van der Waals surface area (Å²) in [5.41, 5.74) is 1.96. The van der Waals surface area contributed by atoms with Crippen LogP contribution in [0.3, 0.4) is 0 Å². The Labute approximate surface area is 252 Å². The zero-order valence-electron chi connectivity index (χ0n) is 24.7. The van der Waals surface area contributed by atoms with E-state index in [0.29, 0.717) is 47.5 Å². The maximum absolute atomic E-state index is 15.5. The van der Waals surface area contributed by atoms with Gasteiger partial charge in [0.05, 0.1) is 36.6 Å². The van der Waals surface area contributed by atoms with E-state index >= 15 is 4.39 Å². The molecule has 14 nitrogen and oxygen atoms in total. The quantitative estimate of drug-likeness (QED) is 0.184. The number of benzene rings is 1. The van der Waals surface area contributed by atoms with Crippen molar-refractivity contribution in [3.05, 3.63) is 47.7 Å². The van der Waals surface area contributed by atoms with Crippen molar-refractivity contribution in [1.82, 2.24) is 39.8 Å². The van der Waals surface area contributed by atoms with Gasteiger partial charge in [-0.1, -0.05) is 0 Å². The summed E-state index contributed by atoms with van der Waals surface area (Å²) in [5, 5.41) is 46.5. The number of aliphatic hydroxyl groups is 3. The maximum Gasteiger partial charge on any atom is 0.369 e. The molecule has 6 rings (SSSR count). The molecule has 1 amide bonds. The Morgan fingerprint density at radius 2 is 1.86 bits per heavy atom. The first kappa shape index (κ1) is 30.0. The predicted molar refractivity (Wildman–Crippen MR) is 157 cm³/mol. The first-order chi connectivity index (χ1) is 21.0. The van der Waals surface area contributed by atoms with Gasteiger partial charge in [-0.3, -0.25) is 10.1 Å². The van der Waals surface area contributed by atoms with Gasteiger partial charge in [0.25, 0.3) is 5.91 Å². The minimum absolute atomic E-state index is 0.00666. The molecule has 2 saturated heterocycles. The highest BCUT2D eigenvalue weighted by atomic mass is 19.1. The summed E-state index contributed by atoms with van der Waals surface area (Å²) in [7, 11) is 0. The minimum atomic E-state index is -3.43. The largest absolute Gasteiger partial charge is 0.379 e. The van der Waals surface area contributed by atoms with E-state index in [4.69, 9.17) is 14.8 Å². The van der Waals surface area contributed by atoms with Crippen LogP contribution in [0.1, 0.15) is 55.1 Å². The highest BCUT2D eigenvalue weighted by Crippen LogP contribution is 2.34. The van der Waals surface area contributed by atoms with Gasteiger partial charge in [-0.15, -0.1) is 0 Å². The van der Waals surface area contributed by atoms with E-state index in [2.05, 4.69) is 34.3 Å². The van der Waals surface area contributed by atoms with E-state index in [1.165, 1.54) is 29.8 Å². The lowest BCUT2D eigenvalue weighted by Crippen LogP contribution is -2.48. The number of piperidine rings is 1. The molecule has 1 aromatic carbocycles. The molecule has 1 unspecified atom stereocenters. The standard InChI is InChI=1S/C29H36FN9O5/c1-16(2)37-7-4-20(5-8-37)39-32-13-24(36-39)23-14-38-27(34-26(23)33-19-6-9-44-15-19)22(12-31-38)21-11-18(10-17(3)25(21)30)28(40)35-29(41,42)43/h10-14,16,19-20,41-43H,4-9,15H2,1-3H3,(H,33,34)(H,35,40). The summed E-state index contributed by atoms with van der Waals surface area (Å²) in [6.45, 7) is 8.97. The number of nitrogens with one attached hydrogen (secondary N) is 2. The van der Waals surface area contributed by atoms with Gasteiger partial charge in [0.15, 0.2) is 5.65 Å². The lowest BCUT2D eigenvalue weighted by molar-refractivity contribution is -0.323. The van der Waals surface area contributed by atoms with E-state index in [1.807, 2.05) is 0 Å². The Kier molecular flexibility index (Phi) is 8.06. The average Bonchev–Trinajstić information content (AvgIpc) is 3.75. The summed E-state index contributed by atoms with van der Waals surface area (Å²) in [4.78, 5) is 21.6. The fraction of sp³-hybridized carbons (Fsp3) is 0.483. The fourth-order valence-corrected chi connectivity index (χ4v) is 5.77. The lowest BCUT2D eigenvalue weighted by atomic mass is 10.0. The van der Waals surface area contributed by atoms with Crippen LogP contribution in [0, 0.1) is 12.7 Å². The van der Waals surface area contributed by atoms with Crippen molar-refractivity contribution in [2.75, 3.05) is 31.6 Å². The molecular weight excluding hydrogens is 573 g/mol. The van der Waals surface area contributed by atoms with E-state index in [1.54, 1.807) is 22.5 Å². The first-order valence-corrected chi connectivity index (χ1v) is 14.7. The number of nitrogens with zero attached hydrogens (tertiary/aromatic N) is 7. The van der Waals surface area contributed by atoms with Crippen LogP contribution in [0.4, 0.5) is 10.2 Å². The van der Waals surface area contributed by atoms with Gasteiger partial charge in [0, 0.05) is 48.6 Å². The van der Waals surface area contributed by atoms with Gasteiger partial charge >= 0.3 is 6.10 Å². The number of ether oxygens (including phenoxy) is 1. The number of anilines is 1. The molecule has 2 aliphatic rings. The van der Waals surface area contributed by atoms with E-state index in [0.717, 1.165) is 32.4 Å². The van der Waals surface area contributed by atoms with Crippen molar-refractivity contribution in [3.8, 4) is 22.4 Å². The zero-order chi connectivity index (χ0) is 31.2. The van der Waals surface area contributed by atoms with Crippen molar-refractivity contribution < 1.29 is 29.2 Å². The smallest absolute Gasteiger partial charge is 0.369 e. The van der Waals surface area contributed by atoms with Gasteiger partial charge in [0.2, 0.25) is 0 Å². The monoisotopic (exact) mass is 609 g/mol. The Balaban J connectivity index is 1.38. The number of rotatable bonds is 8. The number of fused-ring (bicyclic) bond motifs is 1. The second kappa shape index (κ2) is 11.8. The molecule has 15 heteroatoms. The molecule has 44 heavy (non-hydrogen) atoms. The molecule has 5 heterocycles. The number of likely N-dealkylation sites (tertiary alicyclic amines) is 1. The Hall–Kier alpha value is -4.02. The van der Waals surface area contributed by atoms with Gasteiger partial charge in [-0.05, 0) is 57.7 Å². The highest BCUT2D eigenvalue weighted by molar-refractivity contribution is 5.96. The Morgan fingerprint density at radius 3 is 2.55 bits per heavy atom. The highest BCUT2D eigenvalue weighted by Gasteiger charge is 2.27. The molecule has 2 fully saturated rings. The molecule has 3 aromatic heterocycles. The third-order valence-corrected chi connectivity index (χ3v) is 8.19. The number of carbonyl (C=O) groups excluding carboxylic acids is 1. The van der Waals surface area contributed by atoms with Crippen LogP contribution in [0.2, 0.25) is 0 Å². The summed E-state index contributed by atoms with van der Waals surface area (Å²) in [5.74, 6) is -1.11. The predicted octanol–water partition coefficient (Wildman–Crippen LogP) is 1.67. The average molecular weight is 610 g/mol. The number of aromatic nitrogens is 6. The number of carbonyl (C=O) groups is 1. The Morgan fingerprint density at radius 1 is 1.09 bits per heavy atom. The number of aryl methyl sites for hydroxylation is 1. The van der Waals surface area contributed by atoms with E-state index < -0.39 is 17.8 Å². The van der Waals surface area contributed by atoms with Crippen LogP contribution in [0.15, 0.2) is 30.7 Å². The molecule has 0 saturated carbocycles. The van der Waals surface area contributed by atoms with Crippen molar-refractivity contribution in [3.63, 3.8) is 0 Å². The van der Waals surface area contributed by atoms with E-state index in [-0.39, 0.29) is 28.8 Å². The molecule has 5 N–H and O–H groups in total. The Bertz CT molecular complexity index is 1670. The second-order valence-electron chi connectivity index (χ2n) is 11.7. The summed E-state index contributed by atoms with van der Waals surface area (Å²) in [6, 6.07) is 3.17. The molecule has 2 aliphatic heterocycles. The van der Waals surface area contributed by atoms with Crippen molar-refractivity contribution >= 4 is 17.4 Å². The van der Waals surface area contributed by atoms with Crippen molar-refractivity contribution in [2.45, 2.75) is 64.3 Å². The van der Waals surface area contributed by atoms with Crippen molar-refractivity contribution in [1.29, 1.82) is 0 Å². The van der Waals surface area contributed by atoms with Gasteiger partial charge in [-0.2, -0.15) is 20.1 Å². The van der Waals surface area contributed by atoms with E-state index in [9.17, 15) is 20.1 Å². The summed E-state index contributed by atoms with van der Waals surface area (Å²) in [6.07, 6.45) is 4.18. The van der Waals surface area contributed by atoms with Crippen LogP contribution in [0.25, 0.3) is 28.0 Å². The molecule has 1 atom stereocenters. The van der Waals surface area contributed by atoms with Crippen LogP contribution >= 0.6 is 0 Å². The second-order valence-corrected chi connectivity index (χ2v) is 11.7. The third kappa shape index (κ3) is 6.14. The summed E-state index contributed by atoms with van der Waals surface area (Å²) >= 11 is 0. The molecule has 0 radical (unpaired) electrons. The van der Waals surface area contributed by atoms with Gasteiger partial charge < -0.3 is 30.3 Å². The van der Waals surface area contributed by atoms with Crippen LogP contribution < -0.4 is 10.6 Å². The SMILES string of the molecule is Cc1cc(C(=O)NC(O)(O)O)cc(-c2cnn3cc(-c4cnn(C5CCN(C(C)C)CC5)n4)c(NC4CCOC4)nc23)c1F. The first-order valence-electron chi connectivity index (χ1n) is 14.7. The number of hydrogen-bond acceptors (Lipinski definition) is 11. The molecule has 0 spiro atoms. The molecule has 0 bridgehead atoms. The lowest BCUT2D eigenvalue weighted by Gasteiger charge is -2.34. The topological polar surface area (TPSA) is 175 Å².